The fourth-order valence-electron chi connectivity index (χ4n) is 2.68. The lowest BCUT2D eigenvalue weighted by molar-refractivity contribution is 0.00934. The van der Waals surface area contributed by atoms with E-state index in [2.05, 4.69) is 12.2 Å². The number of rotatable bonds is 3. The monoisotopic (exact) mass is 325 g/mol. The number of likely N-dealkylation sites (tertiary alicyclic amines) is 1. The van der Waals surface area contributed by atoms with Crippen LogP contribution in [0.2, 0.25) is 0 Å². The molecule has 2 unspecified atom stereocenters. The molecule has 124 valence electrons. The minimum atomic E-state index is -0.442. The van der Waals surface area contributed by atoms with Gasteiger partial charge in [0.2, 0.25) is 0 Å². The van der Waals surface area contributed by atoms with Crippen molar-refractivity contribution in [3.05, 3.63) is 16.3 Å². The van der Waals surface area contributed by atoms with E-state index < -0.39 is 5.60 Å². The predicted molar refractivity (Wildman–Crippen MR) is 91.0 cm³/mol. The summed E-state index contributed by atoms with van der Waals surface area (Å²) in [4.78, 5) is 15.2. The van der Waals surface area contributed by atoms with Crippen LogP contribution in [0, 0.1) is 0 Å². The average Bonchev–Trinajstić information content (AvgIpc) is 2.80. The fourth-order valence-corrected chi connectivity index (χ4v) is 3.43. The number of thiophene rings is 1. The molecule has 0 bridgehead atoms. The topological polar surface area (TPSA) is 67.6 Å². The maximum Gasteiger partial charge on any atom is 0.410 e. The number of amides is 1. The summed E-state index contributed by atoms with van der Waals surface area (Å²) in [5.74, 6) is 0. The van der Waals surface area contributed by atoms with E-state index in [0.29, 0.717) is 6.04 Å². The number of piperidine rings is 1. The van der Waals surface area contributed by atoms with Crippen LogP contribution < -0.4 is 11.1 Å². The van der Waals surface area contributed by atoms with Gasteiger partial charge in [-0.1, -0.05) is 0 Å². The largest absolute Gasteiger partial charge is 0.444 e. The molecule has 2 heterocycles. The summed E-state index contributed by atoms with van der Waals surface area (Å²) in [5, 5.41) is 5.57. The van der Waals surface area contributed by atoms with E-state index in [-0.39, 0.29) is 12.1 Å². The lowest BCUT2D eigenvalue weighted by atomic mass is 9.98. The van der Waals surface area contributed by atoms with Crippen molar-refractivity contribution in [1.29, 1.82) is 0 Å². The Morgan fingerprint density at radius 1 is 1.55 bits per heavy atom. The molecule has 1 aliphatic rings. The zero-order valence-corrected chi connectivity index (χ0v) is 14.7. The van der Waals surface area contributed by atoms with Gasteiger partial charge in [-0.05, 0) is 52.0 Å². The van der Waals surface area contributed by atoms with Gasteiger partial charge in [0.1, 0.15) is 5.60 Å². The Kier molecular flexibility index (Phi) is 5.34. The quantitative estimate of drug-likeness (QED) is 0.895. The summed E-state index contributed by atoms with van der Waals surface area (Å²) in [6, 6.07) is 2.53. The Morgan fingerprint density at radius 3 is 2.82 bits per heavy atom. The molecule has 1 saturated heterocycles. The molecular formula is C16H27N3O2S. The van der Waals surface area contributed by atoms with Crippen LogP contribution in [0.25, 0.3) is 0 Å². The number of carbonyl (C=O) groups is 1. The summed E-state index contributed by atoms with van der Waals surface area (Å²) in [7, 11) is 0. The summed E-state index contributed by atoms with van der Waals surface area (Å²) >= 11 is 1.68. The molecule has 1 fully saturated rings. The lowest BCUT2D eigenvalue weighted by Gasteiger charge is -2.38. The van der Waals surface area contributed by atoms with Gasteiger partial charge in [-0.15, -0.1) is 11.3 Å². The van der Waals surface area contributed by atoms with Crippen LogP contribution in [-0.2, 0) is 11.3 Å². The summed E-state index contributed by atoms with van der Waals surface area (Å²) < 4.78 is 5.47. The number of ether oxygens (including phenoxy) is 1. The van der Waals surface area contributed by atoms with Gasteiger partial charge in [-0.2, -0.15) is 0 Å². The van der Waals surface area contributed by atoms with Crippen molar-refractivity contribution in [2.75, 3.05) is 12.3 Å². The fraction of sp³-hybridized carbons (Fsp3) is 0.688. The number of anilines is 1. The number of nitrogens with two attached hydrogens (primary N) is 1. The van der Waals surface area contributed by atoms with Gasteiger partial charge in [-0.25, -0.2) is 4.79 Å². The van der Waals surface area contributed by atoms with Gasteiger partial charge in [0.05, 0.1) is 0 Å². The van der Waals surface area contributed by atoms with E-state index in [0.717, 1.165) is 31.6 Å². The van der Waals surface area contributed by atoms with Gasteiger partial charge in [-0.3, -0.25) is 0 Å². The summed E-state index contributed by atoms with van der Waals surface area (Å²) in [6.45, 7) is 9.30. The van der Waals surface area contributed by atoms with E-state index >= 15 is 0 Å². The number of nitrogens with one attached hydrogen (secondary N) is 1. The first-order valence-electron chi connectivity index (χ1n) is 7.81. The Bertz CT molecular complexity index is 510. The number of carbonyl (C=O) groups excluding carboxylic acids is 1. The van der Waals surface area contributed by atoms with Gasteiger partial charge in [0.15, 0.2) is 0 Å². The molecule has 0 saturated carbocycles. The molecule has 0 spiro atoms. The molecule has 0 aliphatic carbocycles. The van der Waals surface area contributed by atoms with Crippen molar-refractivity contribution in [2.45, 2.75) is 64.8 Å². The number of nitrogen functional groups attached to an aromatic ring is 1. The summed E-state index contributed by atoms with van der Waals surface area (Å²) in [5.41, 5.74) is 6.32. The molecule has 6 heteroatoms. The molecular weight excluding hydrogens is 298 g/mol. The third-order valence-corrected chi connectivity index (χ3v) is 4.77. The van der Waals surface area contributed by atoms with Crippen molar-refractivity contribution in [2.24, 2.45) is 0 Å². The highest BCUT2D eigenvalue weighted by Crippen LogP contribution is 2.22. The zero-order valence-electron chi connectivity index (χ0n) is 13.9. The van der Waals surface area contributed by atoms with Crippen LogP contribution in [0.15, 0.2) is 11.4 Å². The SMILES string of the molecule is CC1CC(NCc2sccc2N)CCN1C(=O)OC(C)(C)C. The van der Waals surface area contributed by atoms with Crippen LogP contribution in [-0.4, -0.2) is 35.2 Å². The second kappa shape index (κ2) is 6.87. The van der Waals surface area contributed by atoms with Gasteiger partial charge in [0.25, 0.3) is 0 Å². The Hall–Kier alpha value is -1.27. The highest BCUT2D eigenvalue weighted by molar-refractivity contribution is 7.10. The second-order valence-electron chi connectivity index (χ2n) is 6.92. The van der Waals surface area contributed by atoms with E-state index in [1.807, 2.05) is 37.1 Å². The molecule has 3 N–H and O–H groups in total. The maximum atomic E-state index is 12.2. The molecule has 0 aromatic carbocycles. The van der Waals surface area contributed by atoms with Crippen LogP contribution >= 0.6 is 11.3 Å². The van der Waals surface area contributed by atoms with Crippen molar-refractivity contribution < 1.29 is 9.53 Å². The standard InChI is InChI=1S/C16H27N3O2S/c1-11-9-12(18-10-14-13(17)6-8-22-14)5-7-19(11)15(20)21-16(2,3)4/h6,8,11-12,18H,5,7,9-10,17H2,1-4H3. The minimum Gasteiger partial charge on any atom is -0.444 e. The predicted octanol–water partition coefficient (Wildman–Crippen LogP) is 3.21. The third kappa shape index (κ3) is 4.61. The van der Waals surface area contributed by atoms with Crippen molar-refractivity contribution in [1.82, 2.24) is 10.2 Å². The molecule has 0 radical (unpaired) electrons. The second-order valence-corrected chi connectivity index (χ2v) is 7.92. The Balaban J connectivity index is 1.82. The molecule has 2 atom stereocenters. The molecule has 1 amide bonds. The average molecular weight is 325 g/mol. The highest BCUT2D eigenvalue weighted by atomic mass is 32.1. The first-order valence-corrected chi connectivity index (χ1v) is 8.69. The number of hydrogen-bond acceptors (Lipinski definition) is 5. The molecule has 1 aromatic rings. The van der Waals surface area contributed by atoms with E-state index in [4.69, 9.17) is 10.5 Å². The van der Waals surface area contributed by atoms with Crippen LogP contribution in [0.1, 0.15) is 45.4 Å². The van der Waals surface area contributed by atoms with Crippen molar-refractivity contribution in [3.8, 4) is 0 Å². The minimum absolute atomic E-state index is 0.182. The number of nitrogens with zero attached hydrogens (tertiary/aromatic N) is 1. The van der Waals surface area contributed by atoms with Gasteiger partial charge in [0, 0.05) is 35.7 Å². The summed E-state index contributed by atoms with van der Waals surface area (Å²) in [6.07, 6.45) is 1.67. The van der Waals surface area contributed by atoms with Crippen LogP contribution in [0.5, 0.6) is 0 Å². The highest BCUT2D eigenvalue weighted by Gasteiger charge is 2.31. The Morgan fingerprint density at radius 2 is 2.27 bits per heavy atom. The van der Waals surface area contributed by atoms with Gasteiger partial charge >= 0.3 is 6.09 Å². The van der Waals surface area contributed by atoms with E-state index in [9.17, 15) is 4.79 Å². The first kappa shape index (κ1) is 17.1. The third-order valence-electron chi connectivity index (χ3n) is 3.84. The molecule has 22 heavy (non-hydrogen) atoms. The zero-order chi connectivity index (χ0) is 16.3. The van der Waals surface area contributed by atoms with Crippen molar-refractivity contribution >= 4 is 23.1 Å². The van der Waals surface area contributed by atoms with Crippen LogP contribution in [0.3, 0.4) is 0 Å². The molecule has 1 aromatic heterocycles. The Labute approximate surface area is 136 Å². The first-order chi connectivity index (χ1) is 10.3. The van der Waals surface area contributed by atoms with Crippen LogP contribution in [0.4, 0.5) is 10.5 Å². The van der Waals surface area contributed by atoms with Crippen molar-refractivity contribution in [3.63, 3.8) is 0 Å². The van der Waals surface area contributed by atoms with Gasteiger partial charge < -0.3 is 20.7 Å². The normalized spacial score (nSPS) is 22.6. The van der Waals surface area contributed by atoms with E-state index in [1.54, 1.807) is 11.3 Å². The number of hydrogen-bond donors (Lipinski definition) is 2. The molecule has 5 nitrogen and oxygen atoms in total. The smallest absolute Gasteiger partial charge is 0.410 e. The molecule has 2 rings (SSSR count). The maximum absolute atomic E-state index is 12.2. The molecule has 1 aliphatic heterocycles. The lowest BCUT2D eigenvalue weighted by Crippen LogP contribution is -2.50. The van der Waals surface area contributed by atoms with E-state index in [1.165, 1.54) is 4.88 Å².